The topological polar surface area (TPSA) is 88.2 Å². The number of pyridine rings is 1. The van der Waals surface area contributed by atoms with E-state index in [1.54, 1.807) is 19.4 Å². The Bertz CT molecular complexity index is 517. The van der Waals surface area contributed by atoms with E-state index < -0.39 is 20.8 Å². The summed E-state index contributed by atoms with van der Waals surface area (Å²) in [6.07, 6.45) is 3.65. The first-order valence-corrected chi connectivity index (χ1v) is 8.61. The summed E-state index contributed by atoms with van der Waals surface area (Å²) in [6, 6.07) is 3.05. The first-order chi connectivity index (χ1) is 8.47. The lowest BCUT2D eigenvalue weighted by Crippen LogP contribution is -2.26. The molecule has 1 heterocycles. The molecule has 0 radical (unpaired) electrons. The van der Waals surface area contributed by atoms with Crippen molar-refractivity contribution in [1.29, 1.82) is 0 Å². The number of hydrogen-bond donors (Lipinski definition) is 2. The molecule has 1 unspecified atom stereocenters. The predicted octanol–water partition coefficient (Wildman–Crippen LogP) is 0.170. The number of hydrogen-bond acceptors (Lipinski definition) is 5. The van der Waals surface area contributed by atoms with Crippen LogP contribution in [0, 0.1) is 0 Å². The van der Waals surface area contributed by atoms with Gasteiger partial charge in [-0.25, -0.2) is 18.1 Å². The van der Waals surface area contributed by atoms with Crippen molar-refractivity contribution in [1.82, 2.24) is 9.71 Å². The number of aromatic nitrogens is 1. The van der Waals surface area contributed by atoms with Gasteiger partial charge in [0.1, 0.15) is 10.7 Å². The van der Waals surface area contributed by atoms with E-state index in [0.717, 1.165) is 0 Å². The number of sulfonamides is 1. The maximum Gasteiger partial charge on any atom is 0.244 e. The van der Waals surface area contributed by atoms with Gasteiger partial charge in [-0.3, -0.25) is 4.21 Å². The lowest BCUT2D eigenvalue weighted by molar-refractivity contribution is 0.580. The van der Waals surface area contributed by atoms with E-state index in [1.807, 2.05) is 0 Å². The Labute approximate surface area is 110 Å². The van der Waals surface area contributed by atoms with Crippen LogP contribution in [0.3, 0.4) is 0 Å². The van der Waals surface area contributed by atoms with Crippen molar-refractivity contribution in [3.63, 3.8) is 0 Å². The van der Waals surface area contributed by atoms with E-state index in [1.165, 1.54) is 12.3 Å². The second-order valence-electron chi connectivity index (χ2n) is 3.63. The SMILES string of the molecule is CNc1ncccc1S(=O)(=O)NCCCS(C)=O. The number of nitrogens with one attached hydrogen (secondary N) is 2. The summed E-state index contributed by atoms with van der Waals surface area (Å²) in [6.45, 7) is 0.264. The van der Waals surface area contributed by atoms with E-state index in [0.29, 0.717) is 18.0 Å². The molecular formula is C10H17N3O3S2. The molecule has 0 amide bonds. The molecule has 8 heteroatoms. The van der Waals surface area contributed by atoms with Gasteiger partial charge in [-0.15, -0.1) is 0 Å². The van der Waals surface area contributed by atoms with Crippen LogP contribution in [0.4, 0.5) is 5.82 Å². The minimum absolute atomic E-state index is 0.116. The highest BCUT2D eigenvalue weighted by Crippen LogP contribution is 2.16. The molecule has 0 aliphatic heterocycles. The van der Waals surface area contributed by atoms with Crippen LogP contribution in [0.15, 0.2) is 23.2 Å². The van der Waals surface area contributed by atoms with Gasteiger partial charge < -0.3 is 5.32 Å². The molecule has 18 heavy (non-hydrogen) atoms. The summed E-state index contributed by atoms with van der Waals surface area (Å²) < 4.78 is 37.3. The second kappa shape index (κ2) is 6.81. The van der Waals surface area contributed by atoms with E-state index >= 15 is 0 Å². The molecule has 1 rings (SSSR count). The van der Waals surface area contributed by atoms with Crippen molar-refractivity contribution in [2.24, 2.45) is 0 Å². The number of anilines is 1. The summed E-state index contributed by atoms with van der Waals surface area (Å²) in [7, 11) is -2.87. The van der Waals surface area contributed by atoms with Gasteiger partial charge in [0.25, 0.3) is 0 Å². The highest BCUT2D eigenvalue weighted by atomic mass is 32.2. The van der Waals surface area contributed by atoms with E-state index in [-0.39, 0.29) is 11.4 Å². The summed E-state index contributed by atoms with van der Waals surface area (Å²) in [5.41, 5.74) is 0. The Hall–Kier alpha value is -0.990. The number of rotatable bonds is 7. The van der Waals surface area contributed by atoms with Gasteiger partial charge in [0.05, 0.1) is 0 Å². The molecule has 1 aromatic rings. The molecule has 1 atom stereocenters. The Kier molecular flexibility index (Phi) is 5.70. The summed E-state index contributed by atoms with van der Waals surface area (Å²) in [5.74, 6) is 0.790. The molecule has 0 saturated heterocycles. The maximum absolute atomic E-state index is 12.0. The highest BCUT2D eigenvalue weighted by Gasteiger charge is 2.17. The van der Waals surface area contributed by atoms with E-state index in [9.17, 15) is 12.6 Å². The normalized spacial score (nSPS) is 13.2. The Morgan fingerprint density at radius 3 is 2.78 bits per heavy atom. The van der Waals surface area contributed by atoms with Gasteiger partial charge in [0.15, 0.2) is 0 Å². The van der Waals surface area contributed by atoms with E-state index in [4.69, 9.17) is 0 Å². The molecule has 1 aromatic heterocycles. The molecule has 0 aliphatic carbocycles. The quantitative estimate of drug-likeness (QED) is 0.699. The standard InChI is InChI=1S/C10H17N3O3S2/c1-11-10-9(5-3-6-12-10)18(15,16)13-7-4-8-17(2)14/h3,5-6,13H,4,7-8H2,1-2H3,(H,11,12). The predicted molar refractivity (Wildman–Crippen MR) is 72.5 cm³/mol. The summed E-state index contributed by atoms with van der Waals surface area (Å²) >= 11 is 0. The average molecular weight is 291 g/mol. The molecule has 6 nitrogen and oxygen atoms in total. The third kappa shape index (κ3) is 4.35. The first kappa shape index (κ1) is 15.1. The second-order valence-corrected chi connectivity index (χ2v) is 6.92. The summed E-state index contributed by atoms with van der Waals surface area (Å²) in [5, 5.41) is 2.73. The summed E-state index contributed by atoms with van der Waals surface area (Å²) in [4.78, 5) is 4.06. The fourth-order valence-corrected chi connectivity index (χ4v) is 3.14. The lowest BCUT2D eigenvalue weighted by Gasteiger charge is -2.09. The third-order valence-electron chi connectivity index (χ3n) is 2.20. The Morgan fingerprint density at radius 1 is 1.44 bits per heavy atom. The molecule has 0 fully saturated rings. The molecule has 102 valence electrons. The maximum atomic E-state index is 12.0. The van der Waals surface area contributed by atoms with Crippen LogP contribution in [0.25, 0.3) is 0 Å². The molecule has 0 saturated carbocycles. The number of nitrogens with zero attached hydrogens (tertiary/aromatic N) is 1. The Morgan fingerprint density at radius 2 is 2.17 bits per heavy atom. The lowest BCUT2D eigenvalue weighted by atomic mass is 10.5. The van der Waals surface area contributed by atoms with Crippen molar-refractivity contribution < 1.29 is 12.6 Å². The minimum atomic E-state index is -3.57. The molecule has 0 bridgehead atoms. The molecule has 0 spiro atoms. The Balaban J connectivity index is 2.71. The van der Waals surface area contributed by atoms with Crippen molar-refractivity contribution in [2.75, 3.05) is 30.9 Å². The zero-order valence-electron chi connectivity index (χ0n) is 10.3. The molecule has 2 N–H and O–H groups in total. The third-order valence-corrected chi connectivity index (χ3v) is 4.55. The van der Waals surface area contributed by atoms with Crippen molar-refractivity contribution in [2.45, 2.75) is 11.3 Å². The molecular weight excluding hydrogens is 274 g/mol. The van der Waals surface area contributed by atoms with Crippen LogP contribution in [-0.2, 0) is 20.8 Å². The van der Waals surface area contributed by atoms with E-state index in [2.05, 4.69) is 15.0 Å². The highest BCUT2D eigenvalue weighted by molar-refractivity contribution is 7.89. The molecule has 0 aromatic carbocycles. The van der Waals surface area contributed by atoms with Crippen LogP contribution >= 0.6 is 0 Å². The minimum Gasteiger partial charge on any atom is -0.372 e. The van der Waals surface area contributed by atoms with Gasteiger partial charge in [-0.1, -0.05) is 0 Å². The van der Waals surface area contributed by atoms with Crippen molar-refractivity contribution in [3.8, 4) is 0 Å². The van der Waals surface area contributed by atoms with Crippen LogP contribution in [0.1, 0.15) is 6.42 Å². The average Bonchev–Trinajstić information content (AvgIpc) is 2.34. The first-order valence-electron chi connectivity index (χ1n) is 5.40. The zero-order chi connectivity index (χ0) is 13.6. The monoisotopic (exact) mass is 291 g/mol. The van der Waals surface area contributed by atoms with Crippen molar-refractivity contribution in [3.05, 3.63) is 18.3 Å². The van der Waals surface area contributed by atoms with Gasteiger partial charge in [-0.05, 0) is 18.6 Å². The largest absolute Gasteiger partial charge is 0.372 e. The smallest absolute Gasteiger partial charge is 0.244 e. The van der Waals surface area contributed by atoms with Crippen LogP contribution in [-0.4, -0.2) is 43.2 Å². The van der Waals surface area contributed by atoms with Gasteiger partial charge >= 0.3 is 0 Å². The van der Waals surface area contributed by atoms with Gasteiger partial charge in [-0.2, -0.15) is 0 Å². The van der Waals surface area contributed by atoms with Crippen LogP contribution in [0.5, 0.6) is 0 Å². The van der Waals surface area contributed by atoms with Crippen LogP contribution < -0.4 is 10.0 Å². The fourth-order valence-electron chi connectivity index (χ4n) is 1.35. The fraction of sp³-hybridized carbons (Fsp3) is 0.500. The van der Waals surface area contributed by atoms with Crippen LogP contribution in [0.2, 0.25) is 0 Å². The zero-order valence-corrected chi connectivity index (χ0v) is 12.0. The van der Waals surface area contributed by atoms with Crippen molar-refractivity contribution >= 4 is 26.6 Å². The van der Waals surface area contributed by atoms with Gasteiger partial charge in [0, 0.05) is 42.6 Å². The molecule has 0 aliphatic rings. The van der Waals surface area contributed by atoms with Gasteiger partial charge in [0.2, 0.25) is 10.0 Å².